The minimum atomic E-state index is -3.53. The van der Waals surface area contributed by atoms with Crippen LogP contribution in [0, 0.1) is 0 Å². The van der Waals surface area contributed by atoms with Gasteiger partial charge in [-0.05, 0) is 85.9 Å². The summed E-state index contributed by atoms with van der Waals surface area (Å²) in [6, 6.07) is 11.4. The Labute approximate surface area is 197 Å². The molecule has 0 radical (unpaired) electrons. The summed E-state index contributed by atoms with van der Waals surface area (Å²) < 4.78 is 33.1. The lowest BCUT2D eigenvalue weighted by molar-refractivity contribution is -0.121. The van der Waals surface area contributed by atoms with Gasteiger partial charge in [-0.1, -0.05) is 24.6 Å². The van der Waals surface area contributed by atoms with Crippen molar-refractivity contribution in [3.8, 4) is 5.75 Å². The molecule has 1 aliphatic heterocycles. The summed E-state index contributed by atoms with van der Waals surface area (Å²) in [5.41, 5.74) is 4.67. The van der Waals surface area contributed by atoms with Crippen molar-refractivity contribution in [3.63, 3.8) is 0 Å². The number of nitrogens with one attached hydrogen (secondary N) is 1. The second-order valence-corrected chi connectivity index (χ2v) is 11.0. The van der Waals surface area contributed by atoms with E-state index in [9.17, 15) is 13.2 Å². The Balaban J connectivity index is 1.41. The van der Waals surface area contributed by atoms with Gasteiger partial charge in [0.2, 0.25) is 15.9 Å². The van der Waals surface area contributed by atoms with Crippen LogP contribution >= 0.6 is 0 Å². The molecule has 0 bridgehead atoms. The minimum Gasteiger partial charge on any atom is -0.496 e. The first-order valence-electron chi connectivity index (χ1n) is 12.0. The van der Waals surface area contributed by atoms with Crippen LogP contribution in [0.4, 0.5) is 0 Å². The van der Waals surface area contributed by atoms with Gasteiger partial charge in [0.15, 0.2) is 0 Å². The summed E-state index contributed by atoms with van der Waals surface area (Å²) in [7, 11) is -1.97. The molecule has 178 valence electrons. The van der Waals surface area contributed by atoms with Gasteiger partial charge in [-0.25, -0.2) is 8.42 Å². The maximum Gasteiger partial charge on any atom is 0.243 e. The number of benzene rings is 2. The number of amides is 1. The van der Waals surface area contributed by atoms with Crippen molar-refractivity contribution in [1.29, 1.82) is 0 Å². The molecule has 1 unspecified atom stereocenters. The summed E-state index contributed by atoms with van der Waals surface area (Å²) in [6.07, 6.45) is 6.99. The summed E-state index contributed by atoms with van der Waals surface area (Å²) >= 11 is 0. The number of piperidine rings is 1. The smallest absolute Gasteiger partial charge is 0.243 e. The highest BCUT2D eigenvalue weighted by Crippen LogP contribution is 2.28. The van der Waals surface area contributed by atoms with Crippen molar-refractivity contribution in [2.24, 2.45) is 0 Å². The van der Waals surface area contributed by atoms with E-state index < -0.39 is 10.0 Å². The van der Waals surface area contributed by atoms with Gasteiger partial charge >= 0.3 is 0 Å². The molecule has 4 rings (SSSR count). The molecule has 2 aromatic carbocycles. The molecule has 0 saturated carbocycles. The second-order valence-electron chi connectivity index (χ2n) is 9.11. The van der Waals surface area contributed by atoms with E-state index in [-0.39, 0.29) is 23.3 Å². The number of hydrogen-bond donors (Lipinski definition) is 1. The molecule has 7 heteroatoms. The van der Waals surface area contributed by atoms with Crippen LogP contribution in [-0.2, 0) is 34.1 Å². The van der Waals surface area contributed by atoms with E-state index >= 15 is 0 Å². The van der Waals surface area contributed by atoms with Gasteiger partial charge in [-0.3, -0.25) is 4.79 Å². The molecule has 1 fully saturated rings. The first kappa shape index (κ1) is 23.8. The number of aryl methyl sites for hydroxylation is 3. The molecule has 6 nitrogen and oxygen atoms in total. The van der Waals surface area contributed by atoms with Crippen molar-refractivity contribution in [1.82, 2.24) is 9.62 Å². The molecule has 1 amide bonds. The van der Waals surface area contributed by atoms with E-state index in [0.717, 1.165) is 43.2 Å². The first-order chi connectivity index (χ1) is 15.9. The van der Waals surface area contributed by atoms with Crippen LogP contribution < -0.4 is 10.1 Å². The predicted octanol–water partition coefficient (Wildman–Crippen LogP) is 4.17. The third-order valence-electron chi connectivity index (χ3n) is 6.83. The first-order valence-corrected chi connectivity index (χ1v) is 13.4. The summed E-state index contributed by atoms with van der Waals surface area (Å²) in [5.74, 6) is 0.543. The standard InChI is InChI=1S/C26H34N2O4S/c1-19(21-10-9-20-7-6-8-22(20)17-21)27-26(29)14-11-23-18-24(12-13-25(23)32-2)33(30,31)28-15-4-3-5-16-28/h9-10,12-13,17-19H,3-8,11,14-16H2,1-2H3,(H,27,29). The highest BCUT2D eigenvalue weighted by molar-refractivity contribution is 7.89. The summed E-state index contributed by atoms with van der Waals surface area (Å²) in [5, 5.41) is 3.09. The molecule has 1 atom stereocenters. The zero-order valence-corrected chi connectivity index (χ0v) is 20.4. The van der Waals surface area contributed by atoms with Gasteiger partial charge < -0.3 is 10.1 Å². The number of carbonyl (C=O) groups excluding carboxylic acids is 1. The summed E-state index contributed by atoms with van der Waals surface area (Å²) in [4.78, 5) is 13.0. The number of ether oxygens (including phenoxy) is 1. The Kier molecular flexibility index (Phi) is 7.39. The monoisotopic (exact) mass is 470 g/mol. The van der Waals surface area contributed by atoms with Gasteiger partial charge in [-0.2, -0.15) is 4.31 Å². The number of rotatable bonds is 8. The Morgan fingerprint density at radius 2 is 1.79 bits per heavy atom. The van der Waals surface area contributed by atoms with E-state index in [0.29, 0.717) is 25.3 Å². The van der Waals surface area contributed by atoms with E-state index in [1.807, 2.05) is 6.92 Å². The van der Waals surface area contributed by atoms with E-state index in [1.165, 1.54) is 17.5 Å². The highest BCUT2D eigenvalue weighted by atomic mass is 32.2. The zero-order chi connectivity index (χ0) is 23.4. The lowest BCUT2D eigenvalue weighted by Gasteiger charge is -2.26. The van der Waals surface area contributed by atoms with Crippen molar-refractivity contribution < 1.29 is 17.9 Å². The largest absolute Gasteiger partial charge is 0.496 e. The lowest BCUT2D eigenvalue weighted by Crippen LogP contribution is -2.35. The molecule has 1 heterocycles. The second kappa shape index (κ2) is 10.3. The highest BCUT2D eigenvalue weighted by Gasteiger charge is 2.26. The third kappa shape index (κ3) is 5.41. The average molecular weight is 471 g/mol. The molecule has 33 heavy (non-hydrogen) atoms. The normalized spacial score (nSPS) is 17.4. The van der Waals surface area contributed by atoms with Gasteiger partial charge in [0.1, 0.15) is 5.75 Å². The van der Waals surface area contributed by atoms with Crippen LogP contribution in [0.25, 0.3) is 0 Å². The van der Waals surface area contributed by atoms with E-state index in [1.54, 1.807) is 29.6 Å². The van der Waals surface area contributed by atoms with Crippen LogP contribution in [0.1, 0.15) is 67.3 Å². The maximum absolute atomic E-state index is 13.1. The Bertz CT molecular complexity index is 1110. The number of hydrogen-bond acceptors (Lipinski definition) is 4. The van der Waals surface area contributed by atoms with Crippen molar-refractivity contribution in [2.45, 2.75) is 69.2 Å². The molecule has 2 aliphatic rings. The zero-order valence-electron chi connectivity index (χ0n) is 19.6. The number of fused-ring (bicyclic) bond motifs is 1. The van der Waals surface area contributed by atoms with Gasteiger partial charge in [0.05, 0.1) is 18.0 Å². The SMILES string of the molecule is COc1ccc(S(=O)(=O)N2CCCCC2)cc1CCC(=O)NC(C)c1ccc2c(c1)CCC2. The number of sulfonamides is 1. The van der Waals surface area contributed by atoms with Crippen LogP contribution in [-0.4, -0.2) is 38.8 Å². The van der Waals surface area contributed by atoms with Crippen LogP contribution in [0.15, 0.2) is 41.3 Å². The van der Waals surface area contributed by atoms with Gasteiger partial charge in [0, 0.05) is 19.5 Å². The molecular formula is C26H34N2O4S. The van der Waals surface area contributed by atoms with Crippen LogP contribution in [0.5, 0.6) is 5.75 Å². The minimum absolute atomic E-state index is 0.0608. The Morgan fingerprint density at radius 3 is 2.55 bits per heavy atom. The molecule has 2 aromatic rings. The molecular weight excluding hydrogens is 436 g/mol. The van der Waals surface area contributed by atoms with Crippen molar-refractivity contribution in [3.05, 3.63) is 58.7 Å². The quantitative estimate of drug-likeness (QED) is 0.628. The Morgan fingerprint density at radius 1 is 1.03 bits per heavy atom. The third-order valence-corrected chi connectivity index (χ3v) is 8.72. The lowest BCUT2D eigenvalue weighted by atomic mass is 10.0. The average Bonchev–Trinajstić information content (AvgIpc) is 3.31. The van der Waals surface area contributed by atoms with E-state index in [4.69, 9.17) is 4.74 Å². The van der Waals surface area contributed by atoms with Crippen molar-refractivity contribution in [2.75, 3.05) is 20.2 Å². The molecule has 0 aromatic heterocycles. The van der Waals surface area contributed by atoms with Gasteiger partial charge in [0.25, 0.3) is 0 Å². The van der Waals surface area contributed by atoms with Gasteiger partial charge in [-0.15, -0.1) is 0 Å². The summed E-state index contributed by atoms with van der Waals surface area (Å²) in [6.45, 7) is 3.13. The van der Waals surface area contributed by atoms with Crippen molar-refractivity contribution >= 4 is 15.9 Å². The number of methoxy groups -OCH3 is 1. The predicted molar refractivity (Wildman–Crippen MR) is 129 cm³/mol. The topological polar surface area (TPSA) is 75.7 Å². The molecule has 1 aliphatic carbocycles. The fourth-order valence-electron chi connectivity index (χ4n) is 4.87. The maximum atomic E-state index is 13.1. The number of carbonyl (C=O) groups is 1. The fourth-order valence-corrected chi connectivity index (χ4v) is 6.44. The molecule has 1 saturated heterocycles. The molecule has 1 N–H and O–H groups in total. The Hall–Kier alpha value is -2.38. The van der Waals surface area contributed by atoms with Crippen LogP contribution in [0.3, 0.4) is 0 Å². The van der Waals surface area contributed by atoms with Crippen LogP contribution in [0.2, 0.25) is 0 Å². The number of nitrogens with zero attached hydrogens (tertiary/aromatic N) is 1. The fraction of sp³-hybridized carbons (Fsp3) is 0.500. The molecule has 0 spiro atoms. The van der Waals surface area contributed by atoms with E-state index in [2.05, 4.69) is 23.5 Å².